The first kappa shape index (κ1) is 13.1. The molecule has 1 aliphatic rings. The fourth-order valence-electron chi connectivity index (χ4n) is 1.83. The van der Waals surface area contributed by atoms with Crippen molar-refractivity contribution in [2.45, 2.75) is 58.6 Å². The molecule has 0 saturated carbocycles. The molecule has 16 heavy (non-hydrogen) atoms. The smallest absolute Gasteiger partial charge is 0.410 e. The minimum atomic E-state index is -0.408. The van der Waals surface area contributed by atoms with Gasteiger partial charge in [-0.25, -0.2) is 4.79 Å². The highest BCUT2D eigenvalue weighted by Gasteiger charge is 2.27. The standard InChI is InChI=1S/C13H23NO2/c1-5-8-11-9-6-7-10-14(11)12(15)16-13(2,3)4/h6,9,11H,5,7-8,10H2,1-4H3/t11-/m0/s1. The number of ether oxygens (including phenoxy) is 1. The summed E-state index contributed by atoms with van der Waals surface area (Å²) in [5.41, 5.74) is -0.408. The maximum Gasteiger partial charge on any atom is 0.410 e. The van der Waals surface area contributed by atoms with Gasteiger partial charge < -0.3 is 9.64 Å². The molecule has 0 N–H and O–H groups in total. The van der Waals surface area contributed by atoms with Crippen molar-refractivity contribution in [1.82, 2.24) is 4.90 Å². The van der Waals surface area contributed by atoms with E-state index >= 15 is 0 Å². The molecule has 0 bridgehead atoms. The van der Waals surface area contributed by atoms with Crippen LogP contribution in [0.1, 0.15) is 47.0 Å². The first-order valence-electron chi connectivity index (χ1n) is 6.10. The number of carbonyl (C=O) groups excluding carboxylic acids is 1. The van der Waals surface area contributed by atoms with Crippen LogP contribution in [0.5, 0.6) is 0 Å². The third kappa shape index (κ3) is 3.87. The summed E-state index contributed by atoms with van der Waals surface area (Å²) in [4.78, 5) is 13.8. The minimum absolute atomic E-state index is 0.185. The summed E-state index contributed by atoms with van der Waals surface area (Å²) in [6.07, 6.45) is 7.11. The van der Waals surface area contributed by atoms with Gasteiger partial charge in [0, 0.05) is 6.54 Å². The molecule has 1 amide bonds. The lowest BCUT2D eigenvalue weighted by Gasteiger charge is -2.33. The Bertz CT molecular complexity index is 266. The Labute approximate surface area is 98.5 Å². The van der Waals surface area contributed by atoms with Gasteiger partial charge in [-0.3, -0.25) is 0 Å². The molecule has 3 nitrogen and oxygen atoms in total. The van der Waals surface area contributed by atoms with E-state index in [0.29, 0.717) is 0 Å². The lowest BCUT2D eigenvalue weighted by atomic mass is 10.1. The van der Waals surface area contributed by atoms with Crippen LogP contribution in [0.3, 0.4) is 0 Å². The molecule has 1 rings (SSSR count). The molecule has 0 aliphatic carbocycles. The SMILES string of the molecule is CCC[C@H]1C=CCCN1C(=O)OC(C)(C)C. The first-order valence-corrected chi connectivity index (χ1v) is 6.10. The first-order chi connectivity index (χ1) is 7.44. The molecule has 1 atom stereocenters. The zero-order valence-electron chi connectivity index (χ0n) is 10.8. The number of hydrogen-bond donors (Lipinski definition) is 0. The molecule has 3 heteroatoms. The topological polar surface area (TPSA) is 29.5 Å². The van der Waals surface area contributed by atoms with Crippen LogP contribution in [-0.2, 0) is 4.74 Å². The van der Waals surface area contributed by atoms with Gasteiger partial charge in [-0.15, -0.1) is 0 Å². The number of hydrogen-bond acceptors (Lipinski definition) is 2. The van der Waals surface area contributed by atoms with E-state index in [1.165, 1.54) is 0 Å². The van der Waals surface area contributed by atoms with Crippen LogP contribution < -0.4 is 0 Å². The summed E-state index contributed by atoms with van der Waals surface area (Å²) in [7, 11) is 0. The number of rotatable bonds is 2. The quantitative estimate of drug-likeness (QED) is 0.674. The van der Waals surface area contributed by atoms with Crippen molar-refractivity contribution in [3.05, 3.63) is 12.2 Å². The predicted molar refractivity (Wildman–Crippen MR) is 65.4 cm³/mol. The largest absolute Gasteiger partial charge is 0.444 e. The van der Waals surface area contributed by atoms with E-state index in [-0.39, 0.29) is 12.1 Å². The summed E-state index contributed by atoms with van der Waals surface area (Å²) in [5.74, 6) is 0. The summed E-state index contributed by atoms with van der Waals surface area (Å²) in [6, 6.07) is 0.216. The van der Waals surface area contributed by atoms with Crippen LogP contribution in [0.4, 0.5) is 4.79 Å². The number of amides is 1. The van der Waals surface area contributed by atoms with E-state index in [9.17, 15) is 4.79 Å². The molecule has 92 valence electrons. The second-order valence-electron chi connectivity index (χ2n) is 5.25. The van der Waals surface area contributed by atoms with Crippen molar-refractivity contribution < 1.29 is 9.53 Å². The third-order valence-electron chi connectivity index (χ3n) is 2.51. The van der Waals surface area contributed by atoms with Crippen molar-refractivity contribution in [2.24, 2.45) is 0 Å². The Balaban J connectivity index is 2.62. The molecule has 0 radical (unpaired) electrons. The van der Waals surface area contributed by atoms with Gasteiger partial charge in [-0.2, -0.15) is 0 Å². The van der Waals surface area contributed by atoms with Gasteiger partial charge in [0.15, 0.2) is 0 Å². The van der Waals surface area contributed by atoms with Gasteiger partial charge in [0.1, 0.15) is 5.60 Å². The fourth-order valence-corrected chi connectivity index (χ4v) is 1.83. The molecular formula is C13H23NO2. The van der Waals surface area contributed by atoms with Crippen LogP contribution in [0, 0.1) is 0 Å². The molecular weight excluding hydrogens is 202 g/mol. The second kappa shape index (κ2) is 5.37. The predicted octanol–water partition coefficient (Wildman–Crippen LogP) is 3.35. The van der Waals surface area contributed by atoms with E-state index in [2.05, 4.69) is 19.1 Å². The highest BCUT2D eigenvalue weighted by atomic mass is 16.6. The Morgan fingerprint density at radius 3 is 2.75 bits per heavy atom. The molecule has 0 fully saturated rings. The van der Waals surface area contributed by atoms with Crippen molar-refractivity contribution >= 4 is 6.09 Å². The molecule has 0 unspecified atom stereocenters. The van der Waals surface area contributed by atoms with Gasteiger partial charge in [-0.05, 0) is 33.6 Å². The maximum absolute atomic E-state index is 12.0. The molecule has 0 aromatic carbocycles. The van der Waals surface area contributed by atoms with Crippen molar-refractivity contribution in [3.63, 3.8) is 0 Å². The van der Waals surface area contributed by atoms with Gasteiger partial charge >= 0.3 is 6.09 Å². The maximum atomic E-state index is 12.0. The van der Waals surface area contributed by atoms with Gasteiger partial charge in [0.2, 0.25) is 0 Å². The minimum Gasteiger partial charge on any atom is -0.444 e. The van der Waals surface area contributed by atoms with Crippen molar-refractivity contribution in [2.75, 3.05) is 6.54 Å². The summed E-state index contributed by atoms with van der Waals surface area (Å²) in [5, 5.41) is 0. The van der Waals surface area contributed by atoms with E-state index in [1.807, 2.05) is 25.7 Å². The highest BCUT2D eigenvalue weighted by molar-refractivity contribution is 5.69. The van der Waals surface area contributed by atoms with Crippen LogP contribution in [0.15, 0.2) is 12.2 Å². The fraction of sp³-hybridized carbons (Fsp3) is 0.769. The Morgan fingerprint density at radius 2 is 2.19 bits per heavy atom. The van der Waals surface area contributed by atoms with E-state index in [0.717, 1.165) is 25.8 Å². The Morgan fingerprint density at radius 1 is 1.50 bits per heavy atom. The van der Waals surface area contributed by atoms with E-state index in [1.54, 1.807) is 0 Å². The van der Waals surface area contributed by atoms with Gasteiger partial charge in [0.05, 0.1) is 6.04 Å². The zero-order valence-corrected chi connectivity index (χ0v) is 10.8. The lowest BCUT2D eigenvalue weighted by Crippen LogP contribution is -2.44. The molecule has 0 spiro atoms. The third-order valence-corrected chi connectivity index (χ3v) is 2.51. The summed E-state index contributed by atoms with van der Waals surface area (Å²) in [6.45, 7) is 8.62. The average molecular weight is 225 g/mol. The summed E-state index contributed by atoms with van der Waals surface area (Å²) >= 11 is 0. The van der Waals surface area contributed by atoms with Gasteiger partial charge in [0.25, 0.3) is 0 Å². The Kier molecular flexibility index (Phi) is 4.39. The molecule has 1 aliphatic heterocycles. The van der Waals surface area contributed by atoms with Crippen LogP contribution >= 0.6 is 0 Å². The van der Waals surface area contributed by atoms with Crippen LogP contribution in [0.2, 0.25) is 0 Å². The zero-order chi connectivity index (χ0) is 12.2. The van der Waals surface area contributed by atoms with Crippen LogP contribution in [-0.4, -0.2) is 29.2 Å². The normalized spacial score (nSPS) is 21.0. The lowest BCUT2D eigenvalue weighted by molar-refractivity contribution is 0.0185. The monoisotopic (exact) mass is 225 g/mol. The molecule has 1 heterocycles. The molecule has 0 saturated heterocycles. The van der Waals surface area contributed by atoms with Crippen molar-refractivity contribution in [3.8, 4) is 0 Å². The van der Waals surface area contributed by atoms with Crippen LogP contribution in [0.25, 0.3) is 0 Å². The Hall–Kier alpha value is -0.990. The average Bonchev–Trinajstić information content (AvgIpc) is 2.16. The second-order valence-corrected chi connectivity index (χ2v) is 5.25. The van der Waals surface area contributed by atoms with E-state index in [4.69, 9.17) is 4.74 Å². The van der Waals surface area contributed by atoms with Gasteiger partial charge in [-0.1, -0.05) is 25.5 Å². The molecule has 0 aromatic heterocycles. The number of nitrogens with zero attached hydrogens (tertiary/aromatic N) is 1. The van der Waals surface area contributed by atoms with E-state index < -0.39 is 5.60 Å². The molecule has 0 aromatic rings. The number of carbonyl (C=O) groups is 1. The summed E-state index contributed by atoms with van der Waals surface area (Å²) < 4.78 is 5.41. The van der Waals surface area contributed by atoms with Crippen molar-refractivity contribution in [1.29, 1.82) is 0 Å². The highest BCUT2D eigenvalue weighted by Crippen LogP contribution is 2.18.